The first-order valence-corrected chi connectivity index (χ1v) is 10.9. The minimum absolute atomic E-state index is 0.00767. The maximum absolute atomic E-state index is 13.9. The number of hydrogen-bond acceptors (Lipinski definition) is 2. The number of nitrogens with zero attached hydrogens (tertiary/aromatic N) is 1. The molecular formula is C28H27NO3. The number of amides is 1. The Kier molecular flexibility index (Phi) is 5.70. The fraction of sp³-hybridized carbons (Fsp3) is 0.214. The number of fused-ring (bicyclic) bond motifs is 2. The number of carbonyl (C=O) groups excluding carboxylic acids is 1. The molecule has 32 heavy (non-hydrogen) atoms. The van der Waals surface area contributed by atoms with E-state index >= 15 is 0 Å². The molecule has 0 aliphatic rings. The smallest absolute Gasteiger partial charge is 0.336 e. The van der Waals surface area contributed by atoms with Crippen molar-refractivity contribution in [2.24, 2.45) is 0 Å². The molecule has 0 radical (unpaired) electrons. The first kappa shape index (κ1) is 21.6. The average molecular weight is 426 g/mol. The van der Waals surface area contributed by atoms with Crippen molar-refractivity contribution in [2.75, 3.05) is 0 Å². The van der Waals surface area contributed by atoms with Gasteiger partial charge in [0.2, 0.25) is 0 Å². The van der Waals surface area contributed by atoms with E-state index in [1.807, 2.05) is 99.3 Å². The predicted octanol–water partition coefficient (Wildman–Crippen LogP) is 6.62. The normalized spacial score (nSPS) is 11.4. The Morgan fingerprint density at radius 2 is 1.09 bits per heavy atom. The van der Waals surface area contributed by atoms with Gasteiger partial charge in [0, 0.05) is 28.8 Å². The van der Waals surface area contributed by atoms with Crippen molar-refractivity contribution in [3.05, 3.63) is 83.9 Å². The lowest BCUT2D eigenvalue weighted by molar-refractivity contribution is 0.0642. The van der Waals surface area contributed by atoms with E-state index in [0.29, 0.717) is 16.7 Å². The third-order valence-corrected chi connectivity index (χ3v) is 5.92. The summed E-state index contributed by atoms with van der Waals surface area (Å²) in [7, 11) is 0. The molecule has 0 heterocycles. The highest BCUT2D eigenvalue weighted by atomic mass is 16.4. The molecule has 1 N–H and O–H groups in total. The molecule has 4 rings (SSSR count). The second kappa shape index (κ2) is 8.46. The third kappa shape index (κ3) is 3.62. The summed E-state index contributed by atoms with van der Waals surface area (Å²) >= 11 is 0. The molecule has 1 amide bonds. The number of carboxylic acids is 1. The van der Waals surface area contributed by atoms with E-state index in [4.69, 9.17) is 0 Å². The molecule has 4 aromatic carbocycles. The van der Waals surface area contributed by atoms with Crippen LogP contribution in [-0.4, -0.2) is 34.0 Å². The van der Waals surface area contributed by atoms with Gasteiger partial charge in [0.15, 0.2) is 0 Å². The van der Waals surface area contributed by atoms with Gasteiger partial charge in [-0.2, -0.15) is 0 Å². The summed E-state index contributed by atoms with van der Waals surface area (Å²) in [6.07, 6.45) is 0. The fourth-order valence-corrected chi connectivity index (χ4v) is 4.64. The fourth-order valence-electron chi connectivity index (χ4n) is 4.64. The number of aromatic carboxylic acids is 1. The van der Waals surface area contributed by atoms with Gasteiger partial charge in [0.05, 0.1) is 5.56 Å². The number of rotatable bonds is 5. The van der Waals surface area contributed by atoms with Gasteiger partial charge in [0.25, 0.3) is 5.91 Å². The Bertz CT molecular complexity index is 1330. The average Bonchev–Trinajstić information content (AvgIpc) is 2.77. The molecule has 0 atom stereocenters. The molecule has 0 aromatic heterocycles. The van der Waals surface area contributed by atoms with Crippen molar-refractivity contribution in [2.45, 2.75) is 39.8 Å². The van der Waals surface area contributed by atoms with E-state index in [0.717, 1.165) is 21.5 Å². The van der Waals surface area contributed by atoms with E-state index < -0.39 is 5.97 Å². The summed E-state index contributed by atoms with van der Waals surface area (Å²) in [5.74, 6) is -1.11. The highest BCUT2D eigenvalue weighted by Crippen LogP contribution is 2.40. The van der Waals surface area contributed by atoms with E-state index in [-0.39, 0.29) is 23.6 Å². The van der Waals surface area contributed by atoms with Crippen LogP contribution in [0.2, 0.25) is 0 Å². The van der Waals surface area contributed by atoms with Gasteiger partial charge in [-0.1, -0.05) is 60.7 Å². The van der Waals surface area contributed by atoms with Crippen molar-refractivity contribution in [3.63, 3.8) is 0 Å². The topological polar surface area (TPSA) is 57.6 Å². The first-order chi connectivity index (χ1) is 15.3. The van der Waals surface area contributed by atoms with Crippen molar-refractivity contribution < 1.29 is 14.7 Å². The van der Waals surface area contributed by atoms with Crippen LogP contribution < -0.4 is 0 Å². The van der Waals surface area contributed by atoms with Crippen LogP contribution in [0.1, 0.15) is 48.4 Å². The summed E-state index contributed by atoms with van der Waals surface area (Å²) < 4.78 is 0. The molecule has 4 heteroatoms. The van der Waals surface area contributed by atoms with Crippen molar-refractivity contribution in [1.82, 2.24) is 4.90 Å². The van der Waals surface area contributed by atoms with Gasteiger partial charge >= 0.3 is 5.97 Å². The van der Waals surface area contributed by atoms with Crippen LogP contribution in [0.4, 0.5) is 0 Å². The van der Waals surface area contributed by atoms with Crippen LogP contribution in [-0.2, 0) is 0 Å². The number of hydrogen-bond donors (Lipinski definition) is 1. The summed E-state index contributed by atoms with van der Waals surface area (Å²) in [5.41, 5.74) is 1.97. The Morgan fingerprint density at radius 1 is 0.656 bits per heavy atom. The second-order valence-corrected chi connectivity index (χ2v) is 8.62. The van der Waals surface area contributed by atoms with Crippen LogP contribution in [0.5, 0.6) is 0 Å². The van der Waals surface area contributed by atoms with Crippen LogP contribution in [0.3, 0.4) is 0 Å². The van der Waals surface area contributed by atoms with E-state index in [1.165, 1.54) is 0 Å². The van der Waals surface area contributed by atoms with Crippen LogP contribution in [0.15, 0.2) is 72.8 Å². The molecule has 0 saturated carbocycles. The lowest BCUT2D eigenvalue weighted by Gasteiger charge is -2.32. The van der Waals surface area contributed by atoms with Crippen LogP contribution in [0.25, 0.3) is 32.7 Å². The zero-order valence-electron chi connectivity index (χ0n) is 18.8. The van der Waals surface area contributed by atoms with E-state index in [1.54, 1.807) is 6.07 Å². The summed E-state index contributed by atoms with van der Waals surface area (Å²) in [4.78, 5) is 28.0. The maximum atomic E-state index is 13.9. The Morgan fingerprint density at radius 3 is 1.56 bits per heavy atom. The summed E-state index contributed by atoms with van der Waals surface area (Å²) in [6.45, 7) is 8.00. The first-order valence-electron chi connectivity index (χ1n) is 10.9. The summed E-state index contributed by atoms with van der Waals surface area (Å²) in [6, 6.07) is 22.8. The molecule has 0 aliphatic heterocycles. The highest BCUT2D eigenvalue weighted by molar-refractivity contribution is 6.18. The third-order valence-electron chi connectivity index (χ3n) is 5.92. The van der Waals surface area contributed by atoms with Gasteiger partial charge in [-0.15, -0.1) is 0 Å². The molecule has 0 fully saturated rings. The second-order valence-electron chi connectivity index (χ2n) is 8.62. The molecule has 0 aliphatic carbocycles. The van der Waals surface area contributed by atoms with Crippen molar-refractivity contribution in [1.29, 1.82) is 0 Å². The van der Waals surface area contributed by atoms with Crippen molar-refractivity contribution >= 4 is 33.4 Å². The highest BCUT2D eigenvalue weighted by Gasteiger charge is 2.27. The molecule has 4 nitrogen and oxygen atoms in total. The zero-order chi connectivity index (χ0) is 23.0. The minimum Gasteiger partial charge on any atom is -0.478 e. The standard InChI is InChI=1S/C28H27NO3/c1-17(2)29(18(3)4)27(30)23-15-13-19-9-5-7-11-21(19)25(23)26-22-12-8-6-10-20(22)14-16-24(26)28(31)32/h5-18H,1-4H3,(H,31,32). The lowest BCUT2D eigenvalue weighted by Crippen LogP contribution is -2.42. The Balaban J connectivity index is 2.16. The number of carbonyl (C=O) groups is 2. The van der Waals surface area contributed by atoms with Gasteiger partial charge in [0.1, 0.15) is 0 Å². The molecule has 162 valence electrons. The van der Waals surface area contributed by atoms with Crippen LogP contribution in [0, 0.1) is 0 Å². The Hall–Kier alpha value is -3.66. The van der Waals surface area contributed by atoms with Gasteiger partial charge < -0.3 is 10.0 Å². The van der Waals surface area contributed by atoms with Crippen LogP contribution >= 0.6 is 0 Å². The van der Waals surface area contributed by atoms with Gasteiger partial charge in [-0.25, -0.2) is 4.79 Å². The Labute approximate surface area is 188 Å². The van der Waals surface area contributed by atoms with E-state index in [9.17, 15) is 14.7 Å². The molecule has 4 aromatic rings. The minimum atomic E-state index is -1.01. The van der Waals surface area contributed by atoms with Crippen molar-refractivity contribution in [3.8, 4) is 11.1 Å². The summed E-state index contributed by atoms with van der Waals surface area (Å²) in [5, 5.41) is 13.7. The lowest BCUT2D eigenvalue weighted by atomic mass is 9.86. The van der Waals surface area contributed by atoms with Gasteiger partial charge in [-0.3, -0.25) is 4.79 Å². The molecule has 0 saturated heterocycles. The number of carboxylic acid groups (broad SMARTS) is 1. The molecule has 0 spiro atoms. The quantitative estimate of drug-likeness (QED) is 0.391. The monoisotopic (exact) mass is 425 g/mol. The maximum Gasteiger partial charge on any atom is 0.336 e. The van der Waals surface area contributed by atoms with Gasteiger partial charge in [-0.05, 0) is 61.4 Å². The predicted molar refractivity (Wildman–Crippen MR) is 130 cm³/mol. The molecule has 0 unspecified atom stereocenters. The molecular weight excluding hydrogens is 398 g/mol. The number of benzene rings is 4. The SMILES string of the molecule is CC(C)N(C(=O)c1ccc2ccccc2c1-c1c(C(=O)O)ccc2ccccc12)C(C)C. The zero-order valence-corrected chi connectivity index (χ0v) is 18.8. The largest absolute Gasteiger partial charge is 0.478 e. The van der Waals surface area contributed by atoms with E-state index in [2.05, 4.69) is 0 Å². The molecule has 0 bridgehead atoms.